The van der Waals surface area contributed by atoms with Crippen LogP contribution in [0.15, 0.2) is 144 Å². The number of hydrogen-bond acceptors (Lipinski definition) is 17. The quantitative estimate of drug-likeness (QED) is 0.0593. The van der Waals surface area contributed by atoms with E-state index in [1.54, 1.807) is 24.3 Å². The first-order chi connectivity index (χ1) is 26.0. The summed E-state index contributed by atoms with van der Waals surface area (Å²) in [5.41, 5.74) is 14.1. The van der Waals surface area contributed by atoms with Crippen LogP contribution in [0.5, 0.6) is 5.75 Å². The number of carboxylic acid groups (broad SMARTS) is 1. The maximum absolute atomic E-state index is 11.9. The molecule has 58 heavy (non-hydrogen) atoms. The van der Waals surface area contributed by atoms with Crippen molar-refractivity contribution in [2.75, 3.05) is 11.5 Å². The Bertz CT molecular complexity index is 2840. The number of nitrogens with zero attached hydrogens (tertiary/aromatic N) is 6. The van der Waals surface area contributed by atoms with E-state index in [0.717, 1.165) is 35.4 Å². The van der Waals surface area contributed by atoms with Gasteiger partial charge in [-0.2, -0.15) is 15.3 Å². The van der Waals surface area contributed by atoms with E-state index in [9.17, 15) is 40.9 Å². The number of fused-ring (bicyclic) bond motifs is 1. The molecule has 5 N–H and O–H groups in total. The maximum atomic E-state index is 11.9. The van der Waals surface area contributed by atoms with E-state index in [0.29, 0.717) is 16.8 Å². The Hall–Kier alpha value is -3.93. The molecule has 278 valence electrons. The van der Waals surface area contributed by atoms with Crippen LogP contribution in [0.4, 0.5) is 45.5 Å². The summed E-state index contributed by atoms with van der Waals surface area (Å²) in [7, 11) is -9.88. The molecule has 0 aliphatic rings. The molecule has 0 spiro atoms. The van der Waals surface area contributed by atoms with Gasteiger partial charge in [-0.1, -0.05) is 30.3 Å². The number of aromatic hydroxyl groups is 1. The summed E-state index contributed by atoms with van der Waals surface area (Å²) in [4.78, 5) is 9.85. The predicted molar refractivity (Wildman–Crippen MR) is 197 cm³/mol. The number of azo groups is 3. The first kappa shape index (κ1) is 48.4. The SMILES string of the molecule is Cc1cc(S(=O)(=O)[O-])c(N)c(N=Nc2ccc(N=Nc3ccc(-c4ccc(N=Nc5ccc(O)c(C(=O)[O-])c5)cc4)cc3)c3ccc(S(=O)(=O)[O-])cc23)c1N.[Na+].[Na+].[Na+]. The number of carbonyl (C=O) groups is 1. The van der Waals surface area contributed by atoms with Crippen LogP contribution in [0.1, 0.15) is 15.9 Å². The Balaban J connectivity index is 0.00000300. The fourth-order valence-corrected chi connectivity index (χ4v) is 6.45. The molecule has 0 atom stereocenters. The van der Waals surface area contributed by atoms with Crippen LogP contribution in [-0.2, 0) is 20.2 Å². The van der Waals surface area contributed by atoms with Gasteiger partial charge in [-0.25, -0.2) is 16.8 Å². The van der Waals surface area contributed by atoms with Crippen LogP contribution in [0.25, 0.3) is 21.9 Å². The number of aromatic carboxylic acids is 1. The third kappa shape index (κ3) is 11.2. The summed E-state index contributed by atoms with van der Waals surface area (Å²) >= 11 is 0. The Morgan fingerprint density at radius 2 is 1.09 bits per heavy atom. The van der Waals surface area contributed by atoms with Crippen molar-refractivity contribution in [1.82, 2.24) is 0 Å². The van der Waals surface area contributed by atoms with Gasteiger partial charge in [0.1, 0.15) is 31.7 Å². The van der Waals surface area contributed by atoms with Gasteiger partial charge in [0.25, 0.3) is 0 Å². The molecule has 6 rings (SSSR count). The first-order valence-electron chi connectivity index (χ1n) is 15.7. The number of phenols is 1. The van der Waals surface area contributed by atoms with Crippen molar-refractivity contribution in [2.45, 2.75) is 16.7 Å². The average Bonchev–Trinajstić information content (AvgIpc) is 3.14. The number of aryl methyl sites for hydroxylation is 1. The van der Waals surface area contributed by atoms with Gasteiger partial charge in [0.2, 0.25) is 0 Å². The molecule has 0 aliphatic heterocycles. The van der Waals surface area contributed by atoms with Crippen molar-refractivity contribution in [2.24, 2.45) is 30.7 Å². The van der Waals surface area contributed by atoms with Gasteiger partial charge in [0.15, 0.2) is 0 Å². The minimum absolute atomic E-state index is 0. The zero-order chi connectivity index (χ0) is 39.7. The van der Waals surface area contributed by atoms with E-state index < -0.39 is 53.0 Å². The Kier molecular flexibility index (Phi) is 16.6. The van der Waals surface area contributed by atoms with Crippen LogP contribution < -0.4 is 105 Å². The van der Waals surface area contributed by atoms with Crippen LogP contribution in [-0.4, -0.2) is 37.0 Å². The van der Waals surface area contributed by atoms with Gasteiger partial charge in [-0.05, 0) is 96.4 Å². The summed E-state index contributed by atoms with van der Waals surface area (Å²) in [6.45, 7) is 1.45. The van der Waals surface area contributed by atoms with Crippen molar-refractivity contribution >= 4 is 82.5 Å². The van der Waals surface area contributed by atoms with Crippen molar-refractivity contribution in [3.63, 3.8) is 0 Å². The van der Waals surface area contributed by atoms with Crippen molar-refractivity contribution < 1.29 is 130 Å². The van der Waals surface area contributed by atoms with Crippen LogP contribution in [0.3, 0.4) is 0 Å². The van der Waals surface area contributed by atoms with Gasteiger partial charge in [-0.3, -0.25) is 0 Å². The zero-order valence-corrected chi connectivity index (χ0v) is 38.8. The van der Waals surface area contributed by atoms with E-state index in [4.69, 9.17) is 11.5 Å². The Morgan fingerprint density at radius 3 is 1.62 bits per heavy atom. The molecule has 0 aliphatic carbocycles. The molecule has 6 aromatic rings. The number of carbonyl (C=O) groups excluding carboxylic acids is 1. The van der Waals surface area contributed by atoms with Crippen LogP contribution in [0.2, 0.25) is 0 Å². The molecule has 0 saturated heterocycles. The molecule has 0 radical (unpaired) electrons. The summed E-state index contributed by atoms with van der Waals surface area (Å²) in [6, 6.07) is 25.3. The van der Waals surface area contributed by atoms with E-state index in [-0.39, 0.29) is 128 Å². The molecule has 0 saturated carbocycles. The molecular weight excluding hydrogens is 822 g/mol. The second-order valence-electron chi connectivity index (χ2n) is 11.8. The molecule has 0 amide bonds. The molecule has 17 nitrogen and oxygen atoms in total. The molecule has 0 bridgehead atoms. The zero-order valence-electron chi connectivity index (χ0n) is 31.2. The minimum Gasteiger partial charge on any atom is -0.744 e. The van der Waals surface area contributed by atoms with E-state index in [1.165, 1.54) is 37.3 Å². The number of benzene rings is 6. The summed E-state index contributed by atoms with van der Waals surface area (Å²) in [5.74, 6) is -1.98. The van der Waals surface area contributed by atoms with Gasteiger partial charge in [0.05, 0.1) is 55.6 Å². The normalized spacial score (nSPS) is 11.7. The summed E-state index contributed by atoms with van der Waals surface area (Å²) in [6.07, 6.45) is 0. The number of anilines is 2. The van der Waals surface area contributed by atoms with Crippen molar-refractivity contribution in [1.29, 1.82) is 0 Å². The summed E-state index contributed by atoms with van der Waals surface area (Å²) < 4.78 is 70.9. The summed E-state index contributed by atoms with van der Waals surface area (Å²) in [5, 5.41) is 46.1. The molecule has 0 unspecified atom stereocenters. The number of rotatable bonds is 10. The predicted octanol–water partition coefficient (Wildman–Crippen LogP) is -1.88. The molecular formula is C36H25N8Na3O9S2. The fourth-order valence-electron chi connectivity index (χ4n) is 5.26. The monoisotopic (exact) mass is 846 g/mol. The first-order valence-corrected chi connectivity index (χ1v) is 18.5. The van der Waals surface area contributed by atoms with Gasteiger partial charge >= 0.3 is 88.7 Å². The van der Waals surface area contributed by atoms with E-state index in [2.05, 4.69) is 30.7 Å². The van der Waals surface area contributed by atoms with E-state index >= 15 is 0 Å². The molecule has 6 aromatic carbocycles. The molecule has 22 heteroatoms. The minimum atomic E-state index is -4.99. The van der Waals surface area contributed by atoms with Gasteiger partial charge < -0.3 is 35.6 Å². The fraction of sp³-hybridized carbons (Fsp3) is 0.0278. The van der Waals surface area contributed by atoms with E-state index in [1.807, 2.05) is 24.3 Å². The van der Waals surface area contributed by atoms with Crippen molar-refractivity contribution in [3.05, 3.63) is 114 Å². The third-order valence-electron chi connectivity index (χ3n) is 8.13. The third-order valence-corrected chi connectivity index (χ3v) is 9.84. The smallest absolute Gasteiger partial charge is 0.744 e. The second-order valence-corrected chi connectivity index (χ2v) is 14.5. The van der Waals surface area contributed by atoms with Gasteiger partial charge in [0, 0.05) is 16.3 Å². The Labute approximate surface area is 397 Å². The largest absolute Gasteiger partial charge is 1.00 e. The van der Waals surface area contributed by atoms with Crippen LogP contribution in [0, 0.1) is 6.92 Å². The standard InChI is InChI=1S/C36H28N8O9S2.3Na/c1-19-16-32(55(51,52)53)34(38)35(33(19)37)44-43-30-14-13-29(26-12-11-25(18-27(26)30)54(48,49)50)42-40-23-8-4-21(5-9-23)20-2-6-22(7-3-20)39-41-24-10-15-31(45)28(17-24)36(46)47;;;/h2-18,45H,37-38H2,1H3,(H,46,47)(H,48,49,50)(H,51,52,53);;;/q;3*+1/p-3. The molecule has 0 aromatic heterocycles. The molecule has 0 heterocycles. The van der Waals surface area contributed by atoms with Gasteiger partial charge in [-0.15, -0.1) is 15.3 Å². The Morgan fingerprint density at radius 1 is 0.586 bits per heavy atom. The van der Waals surface area contributed by atoms with Crippen molar-refractivity contribution in [3.8, 4) is 16.9 Å². The average molecular weight is 847 g/mol. The number of carboxylic acids is 1. The van der Waals surface area contributed by atoms with Crippen LogP contribution >= 0.6 is 0 Å². The topological polar surface area (TPSA) is 301 Å². The molecule has 0 fully saturated rings. The number of hydrogen-bond donors (Lipinski definition) is 3. The number of nitrogens with two attached hydrogens (primary N) is 2. The maximum Gasteiger partial charge on any atom is 1.00 e. The second kappa shape index (κ2) is 19.9. The number of nitrogen functional groups attached to an aromatic ring is 2.